The van der Waals surface area contributed by atoms with Crippen molar-refractivity contribution in [2.24, 2.45) is 5.92 Å². The number of likely N-dealkylation sites (tertiary alicyclic amines) is 1. The van der Waals surface area contributed by atoms with E-state index >= 15 is 0 Å². The summed E-state index contributed by atoms with van der Waals surface area (Å²) in [5, 5.41) is 3.03. The van der Waals surface area contributed by atoms with Gasteiger partial charge < -0.3 is 10.2 Å². The average molecular weight is 369 g/mol. The summed E-state index contributed by atoms with van der Waals surface area (Å²) in [6.07, 6.45) is 11.4. The summed E-state index contributed by atoms with van der Waals surface area (Å²) in [7, 11) is 0. The maximum atomic E-state index is 12.9. The van der Waals surface area contributed by atoms with Gasteiger partial charge in [-0.3, -0.25) is 9.59 Å². The topological polar surface area (TPSA) is 49.4 Å². The van der Waals surface area contributed by atoms with Crippen LogP contribution in [0.3, 0.4) is 0 Å². The van der Waals surface area contributed by atoms with Gasteiger partial charge in [-0.1, -0.05) is 48.4 Å². The lowest BCUT2D eigenvalue weighted by Gasteiger charge is -2.24. The zero-order chi connectivity index (χ0) is 18.9. The van der Waals surface area contributed by atoms with Gasteiger partial charge in [-0.15, -0.1) is 0 Å². The molecule has 0 saturated carbocycles. The smallest absolute Gasteiger partial charge is 0.226 e. The van der Waals surface area contributed by atoms with Crippen molar-refractivity contribution in [3.63, 3.8) is 0 Å². The van der Waals surface area contributed by atoms with E-state index in [1.165, 1.54) is 31.3 Å². The molecule has 1 unspecified atom stereocenters. The quantitative estimate of drug-likeness (QED) is 0.733. The molecule has 3 rings (SSSR count). The Bertz CT molecular complexity index is 654. The number of rotatable bonds is 7. The SMILES string of the molecule is O=C(CC1CCCCN(Cc2ccccc2)C1=O)NCCC1=CCCCC1. The molecule has 2 amide bonds. The number of amides is 2. The van der Waals surface area contributed by atoms with Crippen LogP contribution in [-0.4, -0.2) is 29.8 Å². The number of carbonyl (C=O) groups excluding carboxylic acids is 2. The number of allylic oxidation sites excluding steroid dienone is 1. The number of carbonyl (C=O) groups is 2. The molecule has 146 valence electrons. The molecule has 0 spiro atoms. The third-order valence-electron chi connectivity index (χ3n) is 5.69. The van der Waals surface area contributed by atoms with Crippen molar-refractivity contribution >= 4 is 11.8 Å². The third-order valence-corrected chi connectivity index (χ3v) is 5.69. The normalized spacial score (nSPS) is 20.7. The molecule has 1 atom stereocenters. The van der Waals surface area contributed by atoms with Crippen LogP contribution in [0, 0.1) is 5.92 Å². The summed E-state index contributed by atoms with van der Waals surface area (Å²) in [6, 6.07) is 10.1. The van der Waals surface area contributed by atoms with Gasteiger partial charge in [0.15, 0.2) is 0 Å². The Balaban J connectivity index is 1.47. The summed E-state index contributed by atoms with van der Waals surface area (Å²) in [5.74, 6) is -0.0158. The standard InChI is InChI=1S/C23H32N2O2/c26-22(24-15-14-19-9-3-1-4-10-19)17-21-13-7-8-16-25(23(21)27)18-20-11-5-2-6-12-20/h2,5-6,9,11-12,21H,1,3-4,7-8,10,13-18H2,(H,24,26). The van der Waals surface area contributed by atoms with Crippen LogP contribution in [0.2, 0.25) is 0 Å². The van der Waals surface area contributed by atoms with Crippen molar-refractivity contribution in [2.75, 3.05) is 13.1 Å². The molecular formula is C23H32N2O2. The zero-order valence-corrected chi connectivity index (χ0v) is 16.3. The van der Waals surface area contributed by atoms with E-state index in [-0.39, 0.29) is 17.7 Å². The Morgan fingerprint density at radius 1 is 1.11 bits per heavy atom. The Morgan fingerprint density at radius 3 is 2.74 bits per heavy atom. The highest BCUT2D eigenvalue weighted by atomic mass is 16.2. The lowest BCUT2D eigenvalue weighted by molar-refractivity contribution is -0.138. The second kappa shape index (κ2) is 10.3. The van der Waals surface area contributed by atoms with Crippen molar-refractivity contribution < 1.29 is 9.59 Å². The van der Waals surface area contributed by atoms with Crippen LogP contribution in [0.25, 0.3) is 0 Å². The van der Waals surface area contributed by atoms with Crippen molar-refractivity contribution in [3.8, 4) is 0 Å². The van der Waals surface area contributed by atoms with Gasteiger partial charge in [0.1, 0.15) is 0 Å². The number of benzene rings is 1. The summed E-state index contributed by atoms with van der Waals surface area (Å²) in [5.41, 5.74) is 2.62. The second-order valence-corrected chi connectivity index (χ2v) is 7.85. The van der Waals surface area contributed by atoms with Crippen LogP contribution in [0.4, 0.5) is 0 Å². The van der Waals surface area contributed by atoms with Gasteiger partial charge in [-0.25, -0.2) is 0 Å². The first-order valence-electron chi connectivity index (χ1n) is 10.5. The van der Waals surface area contributed by atoms with Crippen LogP contribution in [-0.2, 0) is 16.1 Å². The molecule has 4 nitrogen and oxygen atoms in total. The number of nitrogens with zero attached hydrogens (tertiary/aromatic N) is 1. The van der Waals surface area contributed by atoms with Gasteiger partial charge in [-0.2, -0.15) is 0 Å². The van der Waals surface area contributed by atoms with Crippen molar-refractivity contribution in [2.45, 2.75) is 64.3 Å². The predicted octanol–water partition coefficient (Wildman–Crippen LogP) is 4.21. The fraction of sp³-hybridized carbons (Fsp3) is 0.565. The van der Waals surface area contributed by atoms with Gasteiger partial charge >= 0.3 is 0 Å². The zero-order valence-electron chi connectivity index (χ0n) is 16.3. The van der Waals surface area contributed by atoms with Crippen LogP contribution in [0.5, 0.6) is 0 Å². The van der Waals surface area contributed by atoms with Crippen molar-refractivity contribution in [3.05, 3.63) is 47.5 Å². The Hall–Kier alpha value is -2.10. The molecule has 1 N–H and O–H groups in total. The first-order valence-corrected chi connectivity index (χ1v) is 10.5. The summed E-state index contributed by atoms with van der Waals surface area (Å²) < 4.78 is 0. The number of nitrogens with one attached hydrogen (secondary N) is 1. The lowest BCUT2D eigenvalue weighted by Crippen LogP contribution is -2.37. The third kappa shape index (κ3) is 6.23. The molecule has 0 radical (unpaired) electrons. The Kier molecular flexibility index (Phi) is 7.49. The molecule has 1 saturated heterocycles. The molecule has 2 aliphatic rings. The van der Waals surface area contributed by atoms with E-state index < -0.39 is 0 Å². The van der Waals surface area contributed by atoms with E-state index in [2.05, 4.69) is 23.5 Å². The van der Waals surface area contributed by atoms with E-state index in [4.69, 9.17) is 0 Å². The molecule has 0 bridgehead atoms. The maximum Gasteiger partial charge on any atom is 0.226 e. The molecule has 1 fully saturated rings. The molecule has 27 heavy (non-hydrogen) atoms. The molecule has 1 aromatic carbocycles. The van der Waals surface area contributed by atoms with Gasteiger partial charge in [0.2, 0.25) is 11.8 Å². The largest absolute Gasteiger partial charge is 0.356 e. The molecule has 1 aliphatic carbocycles. The highest BCUT2D eigenvalue weighted by Gasteiger charge is 2.28. The lowest BCUT2D eigenvalue weighted by atomic mass is 9.96. The minimum atomic E-state index is -0.176. The van der Waals surface area contributed by atoms with Gasteiger partial charge in [0, 0.05) is 32.0 Å². The van der Waals surface area contributed by atoms with E-state index in [1.54, 1.807) is 0 Å². The van der Waals surface area contributed by atoms with Crippen molar-refractivity contribution in [1.29, 1.82) is 0 Å². The first kappa shape index (κ1) is 19.7. The summed E-state index contributed by atoms with van der Waals surface area (Å²) in [4.78, 5) is 27.3. The Morgan fingerprint density at radius 2 is 1.96 bits per heavy atom. The molecule has 4 heteroatoms. The van der Waals surface area contributed by atoms with Crippen LogP contribution in [0.1, 0.15) is 63.4 Å². The monoisotopic (exact) mass is 368 g/mol. The fourth-order valence-electron chi connectivity index (χ4n) is 4.13. The van der Waals surface area contributed by atoms with Crippen molar-refractivity contribution in [1.82, 2.24) is 10.2 Å². The molecule has 1 aromatic rings. The Labute approximate surface area is 163 Å². The highest BCUT2D eigenvalue weighted by molar-refractivity contribution is 5.86. The number of hydrogen-bond donors (Lipinski definition) is 1. The number of hydrogen-bond acceptors (Lipinski definition) is 2. The minimum Gasteiger partial charge on any atom is -0.356 e. The van der Waals surface area contributed by atoms with Gasteiger partial charge in [0.05, 0.1) is 0 Å². The molecule has 1 heterocycles. The molecule has 1 aliphatic heterocycles. The minimum absolute atomic E-state index is 0.0197. The maximum absolute atomic E-state index is 12.9. The van der Waals surface area contributed by atoms with E-state index in [0.717, 1.165) is 37.8 Å². The van der Waals surface area contributed by atoms with Crippen LogP contribution >= 0.6 is 0 Å². The first-order chi connectivity index (χ1) is 13.2. The average Bonchev–Trinajstić information content (AvgIpc) is 2.86. The summed E-state index contributed by atoms with van der Waals surface area (Å²) in [6.45, 7) is 2.13. The second-order valence-electron chi connectivity index (χ2n) is 7.85. The van der Waals surface area contributed by atoms with Crippen LogP contribution < -0.4 is 5.32 Å². The predicted molar refractivity (Wildman–Crippen MR) is 108 cm³/mol. The van der Waals surface area contributed by atoms with E-state index in [0.29, 0.717) is 19.5 Å². The fourth-order valence-corrected chi connectivity index (χ4v) is 4.13. The summed E-state index contributed by atoms with van der Waals surface area (Å²) >= 11 is 0. The van der Waals surface area contributed by atoms with Gasteiger partial charge in [0.25, 0.3) is 0 Å². The molecular weight excluding hydrogens is 336 g/mol. The highest BCUT2D eigenvalue weighted by Crippen LogP contribution is 2.23. The van der Waals surface area contributed by atoms with E-state index in [9.17, 15) is 9.59 Å². The van der Waals surface area contributed by atoms with E-state index in [1.807, 2.05) is 23.1 Å². The van der Waals surface area contributed by atoms with Crippen LogP contribution in [0.15, 0.2) is 42.0 Å². The van der Waals surface area contributed by atoms with Gasteiger partial charge in [-0.05, 0) is 50.5 Å². The molecule has 0 aromatic heterocycles.